The zero-order valence-corrected chi connectivity index (χ0v) is 14.9. The van der Waals surface area contributed by atoms with Gasteiger partial charge in [-0.1, -0.05) is 0 Å². The molecule has 0 radical (unpaired) electrons. The fraction of sp³-hybridized carbons (Fsp3) is 0.400. The fourth-order valence-electron chi connectivity index (χ4n) is 3.53. The van der Waals surface area contributed by atoms with Gasteiger partial charge in [0.05, 0.1) is 16.6 Å². The Morgan fingerprint density at radius 3 is 2.77 bits per heavy atom. The minimum Gasteiger partial charge on any atom is -0.361 e. The molecule has 0 aromatic carbocycles. The Labute approximate surface area is 141 Å². The smallest absolute Gasteiger partial charge is 0.177 e. The van der Waals surface area contributed by atoms with E-state index in [0.29, 0.717) is 23.3 Å². The Balaban J connectivity index is 1.95. The van der Waals surface area contributed by atoms with Gasteiger partial charge in [-0.15, -0.1) is 11.3 Å². The standard InChI is InChI=1S/C15H14BrNO3S2/c16-8-6-12(21-7-8)14-13-9(2-1-3-11(13)18)17-10-4-5-22(19,20)15(10)14/h6-7,14,17H,1-5H2. The van der Waals surface area contributed by atoms with Crippen LogP contribution in [-0.2, 0) is 14.6 Å². The van der Waals surface area contributed by atoms with Gasteiger partial charge in [0.25, 0.3) is 0 Å². The molecule has 0 saturated carbocycles. The number of ketones is 1. The third-order valence-corrected chi connectivity index (χ3v) is 8.09. The first kappa shape index (κ1) is 14.7. The van der Waals surface area contributed by atoms with Crippen LogP contribution in [-0.4, -0.2) is 20.0 Å². The predicted octanol–water partition coefficient (Wildman–Crippen LogP) is 3.23. The van der Waals surface area contributed by atoms with Gasteiger partial charge in [0.2, 0.25) is 0 Å². The van der Waals surface area contributed by atoms with Gasteiger partial charge in [0, 0.05) is 44.5 Å². The van der Waals surface area contributed by atoms with Crippen LogP contribution in [0.25, 0.3) is 0 Å². The number of rotatable bonds is 1. The minimum atomic E-state index is -3.29. The van der Waals surface area contributed by atoms with Crippen molar-refractivity contribution in [3.8, 4) is 0 Å². The van der Waals surface area contributed by atoms with Crippen molar-refractivity contribution in [3.05, 3.63) is 42.7 Å². The Hall–Kier alpha value is -0.920. The van der Waals surface area contributed by atoms with Gasteiger partial charge in [0.15, 0.2) is 15.6 Å². The number of hydrogen-bond donors (Lipinski definition) is 1. The van der Waals surface area contributed by atoms with Crippen LogP contribution in [0.2, 0.25) is 0 Å². The van der Waals surface area contributed by atoms with E-state index in [2.05, 4.69) is 21.2 Å². The van der Waals surface area contributed by atoms with Crippen LogP contribution < -0.4 is 5.32 Å². The normalized spacial score (nSPS) is 26.8. The summed E-state index contributed by atoms with van der Waals surface area (Å²) in [6.45, 7) is 0. The van der Waals surface area contributed by atoms with Gasteiger partial charge in [0.1, 0.15) is 0 Å². The molecular weight excluding hydrogens is 386 g/mol. The second kappa shape index (κ2) is 5.04. The van der Waals surface area contributed by atoms with Crippen LogP contribution in [0.5, 0.6) is 0 Å². The second-order valence-electron chi connectivity index (χ2n) is 5.81. The van der Waals surface area contributed by atoms with E-state index in [1.807, 2.05) is 11.4 Å². The number of dihydropyridines is 1. The Morgan fingerprint density at radius 2 is 2.05 bits per heavy atom. The summed E-state index contributed by atoms with van der Waals surface area (Å²) in [5.74, 6) is -0.192. The van der Waals surface area contributed by atoms with Crippen molar-refractivity contribution < 1.29 is 13.2 Å². The fourth-order valence-corrected chi connectivity index (χ4v) is 6.99. The number of Topliss-reactive ketones (excluding diaryl/α,β-unsaturated/α-hetero) is 1. The first-order valence-corrected chi connectivity index (χ1v) is 10.5. The van der Waals surface area contributed by atoms with Crippen molar-refractivity contribution in [1.29, 1.82) is 0 Å². The van der Waals surface area contributed by atoms with E-state index >= 15 is 0 Å². The van der Waals surface area contributed by atoms with Crippen LogP contribution in [0.4, 0.5) is 0 Å². The Kier molecular flexibility index (Phi) is 3.36. The summed E-state index contributed by atoms with van der Waals surface area (Å²) in [7, 11) is -3.29. The SMILES string of the molecule is O=C1CCCC2=C1C(c1cc(Br)cs1)C1=C(CCS1(=O)=O)N2. The monoisotopic (exact) mass is 399 g/mol. The van der Waals surface area contributed by atoms with Crippen molar-refractivity contribution in [2.75, 3.05) is 5.75 Å². The van der Waals surface area contributed by atoms with E-state index in [9.17, 15) is 13.2 Å². The highest BCUT2D eigenvalue weighted by Crippen LogP contribution is 2.49. The van der Waals surface area contributed by atoms with Crippen LogP contribution in [0.15, 0.2) is 37.8 Å². The number of thiophene rings is 1. The summed E-state index contributed by atoms with van der Waals surface area (Å²) < 4.78 is 26.0. The number of carbonyl (C=O) groups is 1. The average molecular weight is 400 g/mol. The number of carbonyl (C=O) groups excluding carboxylic acids is 1. The number of halogens is 1. The highest BCUT2D eigenvalue weighted by atomic mass is 79.9. The van der Waals surface area contributed by atoms with Crippen molar-refractivity contribution in [2.45, 2.75) is 31.6 Å². The molecule has 4 nitrogen and oxygen atoms in total. The van der Waals surface area contributed by atoms with Gasteiger partial charge in [-0.25, -0.2) is 8.42 Å². The summed E-state index contributed by atoms with van der Waals surface area (Å²) >= 11 is 4.94. The first-order valence-electron chi connectivity index (χ1n) is 7.20. The minimum absolute atomic E-state index is 0.0805. The summed E-state index contributed by atoms with van der Waals surface area (Å²) in [6.07, 6.45) is 2.68. The number of hydrogen-bond acceptors (Lipinski definition) is 5. The quantitative estimate of drug-likeness (QED) is 0.786. The molecule has 22 heavy (non-hydrogen) atoms. The molecule has 0 amide bonds. The molecule has 1 aromatic rings. The lowest BCUT2D eigenvalue weighted by atomic mass is 9.82. The highest BCUT2D eigenvalue weighted by molar-refractivity contribution is 9.10. The van der Waals surface area contributed by atoms with Gasteiger partial charge < -0.3 is 5.32 Å². The van der Waals surface area contributed by atoms with Crippen LogP contribution in [0.1, 0.15) is 36.5 Å². The van der Waals surface area contributed by atoms with Crippen LogP contribution in [0.3, 0.4) is 0 Å². The molecule has 3 aliphatic rings. The van der Waals surface area contributed by atoms with Gasteiger partial charge in [-0.2, -0.15) is 0 Å². The molecule has 1 aromatic heterocycles. The van der Waals surface area contributed by atoms with E-state index in [1.165, 1.54) is 11.3 Å². The third kappa shape index (κ3) is 2.13. The maximum Gasteiger partial charge on any atom is 0.177 e. The van der Waals surface area contributed by atoms with E-state index in [0.717, 1.165) is 33.6 Å². The Bertz CT molecular complexity index is 848. The number of sulfone groups is 1. The van der Waals surface area contributed by atoms with Crippen molar-refractivity contribution in [3.63, 3.8) is 0 Å². The summed E-state index contributed by atoms with van der Waals surface area (Å²) in [5, 5.41) is 5.20. The molecule has 0 fully saturated rings. The van der Waals surface area contributed by atoms with Crippen molar-refractivity contribution in [1.82, 2.24) is 5.32 Å². The molecule has 1 aliphatic carbocycles. The topological polar surface area (TPSA) is 63.2 Å². The second-order valence-corrected chi connectivity index (χ2v) is 9.74. The highest BCUT2D eigenvalue weighted by Gasteiger charge is 2.44. The molecule has 2 aliphatic heterocycles. The van der Waals surface area contributed by atoms with Crippen LogP contribution in [0, 0.1) is 0 Å². The molecule has 4 rings (SSSR count). The maximum absolute atomic E-state index is 12.5. The van der Waals surface area contributed by atoms with Crippen molar-refractivity contribution >= 4 is 42.9 Å². The van der Waals surface area contributed by atoms with Gasteiger partial charge in [-0.05, 0) is 34.8 Å². The largest absolute Gasteiger partial charge is 0.361 e. The van der Waals surface area contributed by atoms with E-state index < -0.39 is 15.8 Å². The lowest BCUT2D eigenvalue weighted by Crippen LogP contribution is -2.31. The molecule has 1 atom stereocenters. The molecule has 0 bridgehead atoms. The average Bonchev–Trinajstić information content (AvgIpc) is 3.02. The molecule has 0 spiro atoms. The van der Waals surface area contributed by atoms with Gasteiger partial charge >= 0.3 is 0 Å². The molecule has 0 saturated heterocycles. The molecule has 1 unspecified atom stereocenters. The zero-order chi connectivity index (χ0) is 15.5. The lowest BCUT2D eigenvalue weighted by Gasteiger charge is -2.32. The zero-order valence-electron chi connectivity index (χ0n) is 11.7. The van der Waals surface area contributed by atoms with Crippen LogP contribution >= 0.6 is 27.3 Å². The number of nitrogens with one attached hydrogen (secondary N) is 1. The van der Waals surface area contributed by atoms with E-state index in [-0.39, 0.29) is 11.5 Å². The van der Waals surface area contributed by atoms with E-state index in [1.54, 1.807) is 0 Å². The molecule has 3 heterocycles. The summed E-state index contributed by atoms with van der Waals surface area (Å²) in [5.41, 5.74) is 2.40. The molecule has 7 heteroatoms. The molecular formula is C15H14BrNO3S2. The number of allylic oxidation sites excluding steroid dienone is 4. The maximum atomic E-state index is 12.5. The predicted molar refractivity (Wildman–Crippen MR) is 89.2 cm³/mol. The van der Waals surface area contributed by atoms with E-state index in [4.69, 9.17) is 0 Å². The van der Waals surface area contributed by atoms with Crippen molar-refractivity contribution in [2.24, 2.45) is 0 Å². The summed E-state index contributed by atoms with van der Waals surface area (Å²) in [4.78, 5) is 13.8. The molecule has 1 N–H and O–H groups in total. The Morgan fingerprint density at radius 1 is 1.23 bits per heavy atom. The first-order chi connectivity index (χ1) is 10.5. The summed E-state index contributed by atoms with van der Waals surface area (Å²) in [6, 6.07) is 1.94. The third-order valence-electron chi connectivity index (χ3n) is 4.43. The lowest BCUT2D eigenvalue weighted by molar-refractivity contribution is -0.116. The van der Waals surface area contributed by atoms with Gasteiger partial charge in [-0.3, -0.25) is 4.79 Å². The molecule has 116 valence electrons.